The van der Waals surface area contributed by atoms with Gasteiger partial charge in [-0.25, -0.2) is 19.3 Å². The normalized spacial score (nSPS) is 13.9. The number of ether oxygens (including phenoxy) is 4. The molecule has 0 spiro atoms. The van der Waals surface area contributed by atoms with Crippen molar-refractivity contribution in [3.8, 4) is 40.3 Å². The SMILES string of the molecule is COc1cc(OC)c(C2c3c(c4ccccc4oc3=O)Oc3ncn4nc(-c5ccc(Br)cc5)nc4c32)cc1OC. The molecule has 0 bridgehead atoms. The number of hydrogen-bond donors (Lipinski definition) is 0. The maximum absolute atomic E-state index is 13.7. The summed E-state index contributed by atoms with van der Waals surface area (Å²) in [6.07, 6.45) is 1.55. The van der Waals surface area contributed by atoms with E-state index in [2.05, 4.69) is 26.0 Å². The van der Waals surface area contributed by atoms with E-state index in [0.717, 1.165) is 10.0 Å². The van der Waals surface area contributed by atoms with Crippen molar-refractivity contribution in [2.75, 3.05) is 21.3 Å². The summed E-state index contributed by atoms with van der Waals surface area (Å²) >= 11 is 3.47. The first-order valence-electron chi connectivity index (χ1n) is 12.6. The zero-order valence-electron chi connectivity index (χ0n) is 22.0. The van der Waals surface area contributed by atoms with Gasteiger partial charge in [0.1, 0.15) is 17.7 Å². The van der Waals surface area contributed by atoms with Crippen LogP contribution in [0.1, 0.15) is 22.6 Å². The lowest BCUT2D eigenvalue weighted by Crippen LogP contribution is -2.23. The maximum Gasteiger partial charge on any atom is 0.344 e. The molecule has 7 rings (SSSR count). The van der Waals surface area contributed by atoms with Gasteiger partial charge in [0.25, 0.3) is 0 Å². The molecule has 3 aromatic heterocycles. The maximum atomic E-state index is 13.7. The van der Waals surface area contributed by atoms with Gasteiger partial charge in [-0.2, -0.15) is 0 Å². The van der Waals surface area contributed by atoms with E-state index in [9.17, 15) is 4.79 Å². The summed E-state index contributed by atoms with van der Waals surface area (Å²) in [4.78, 5) is 23.2. The highest BCUT2D eigenvalue weighted by Gasteiger charge is 2.39. The lowest BCUT2D eigenvalue weighted by molar-refractivity contribution is 0.346. The molecule has 1 atom stereocenters. The summed E-state index contributed by atoms with van der Waals surface area (Å²) in [7, 11) is 4.64. The molecule has 41 heavy (non-hydrogen) atoms. The largest absolute Gasteiger partial charge is 0.496 e. The molecular formula is C30H21BrN4O6. The fraction of sp³-hybridized carbons (Fsp3) is 0.133. The molecule has 0 saturated heterocycles. The van der Waals surface area contributed by atoms with Crippen molar-refractivity contribution in [2.24, 2.45) is 0 Å². The number of nitrogens with zero attached hydrogens (tertiary/aromatic N) is 4. The Hall–Kier alpha value is -4.90. The van der Waals surface area contributed by atoms with Crippen LogP contribution in [0.15, 0.2) is 80.7 Å². The number of para-hydroxylation sites is 1. The lowest BCUT2D eigenvalue weighted by Gasteiger charge is -2.28. The Morgan fingerprint density at radius 3 is 2.39 bits per heavy atom. The second-order valence-electron chi connectivity index (χ2n) is 9.29. The molecule has 1 unspecified atom stereocenters. The molecule has 10 nitrogen and oxygen atoms in total. The molecule has 1 aliphatic rings. The summed E-state index contributed by atoms with van der Waals surface area (Å²) in [5.41, 5.74) is 2.55. The number of methoxy groups -OCH3 is 3. The standard InChI is InChI=1S/C30H21BrN4O6/c1-37-20-13-22(39-3)21(38-2)12-18(20)23-24-26(17-6-4-5-7-19(17)40-30(24)36)41-29-25(23)28-33-27(34-35(28)14-32-29)15-8-10-16(31)11-9-15/h4-14,23H,1-3H3. The van der Waals surface area contributed by atoms with Gasteiger partial charge in [0.2, 0.25) is 5.88 Å². The summed E-state index contributed by atoms with van der Waals surface area (Å²) in [6.45, 7) is 0. The highest BCUT2D eigenvalue weighted by molar-refractivity contribution is 9.10. The van der Waals surface area contributed by atoms with Gasteiger partial charge in [0.15, 0.2) is 28.7 Å². The van der Waals surface area contributed by atoms with Crippen molar-refractivity contribution in [3.05, 3.63) is 98.6 Å². The van der Waals surface area contributed by atoms with E-state index in [-0.39, 0.29) is 11.4 Å². The number of hydrogen-bond acceptors (Lipinski definition) is 9. The van der Waals surface area contributed by atoms with E-state index in [1.807, 2.05) is 36.4 Å². The van der Waals surface area contributed by atoms with E-state index < -0.39 is 11.5 Å². The topological polar surface area (TPSA) is 110 Å². The van der Waals surface area contributed by atoms with Crippen molar-refractivity contribution in [3.63, 3.8) is 0 Å². The molecule has 0 radical (unpaired) electrons. The summed E-state index contributed by atoms with van der Waals surface area (Å²) < 4.78 is 31.7. The van der Waals surface area contributed by atoms with Crippen molar-refractivity contribution in [1.29, 1.82) is 0 Å². The molecule has 1 aliphatic heterocycles. The summed E-state index contributed by atoms with van der Waals surface area (Å²) in [5, 5.41) is 5.31. The molecule has 11 heteroatoms. The molecule has 0 fully saturated rings. The molecule has 0 aliphatic carbocycles. The van der Waals surface area contributed by atoms with Crippen LogP contribution in [0.3, 0.4) is 0 Å². The fourth-order valence-corrected chi connectivity index (χ4v) is 5.50. The van der Waals surface area contributed by atoms with Gasteiger partial charge in [-0.3, -0.25) is 0 Å². The molecular weight excluding hydrogens is 592 g/mol. The van der Waals surface area contributed by atoms with E-state index in [1.54, 1.807) is 56.4 Å². The number of rotatable bonds is 5. The first kappa shape index (κ1) is 25.1. The first-order valence-corrected chi connectivity index (χ1v) is 13.3. The third-order valence-electron chi connectivity index (χ3n) is 7.11. The highest BCUT2D eigenvalue weighted by atomic mass is 79.9. The molecule has 3 aromatic carbocycles. The van der Waals surface area contributed by atoms with Gasteiger partial charge in [-0.15, -0.1) is 5.10 Å². The molecule has 0 N–H and O–H groups in total. The molecule has 4 heterocycles. The predicted molar refractivity (Wildman–Crippen MR) is 154 cm³/mol. The zero-order chi connectivity index (χ0) is 28.2. The summed E-state index contributed by atoms with van der Waals surface area (Å²) in [6, 6.07) is 18.4. The Balaban J connectivity index is 1.57. The van der Waals surface area contributed by atoms with Gasteiger partial charge < -0.3 is 23.4 Å². The van der Waals surface area contributed by atoms with Crippen LogP contribution in [0, 0.1) is 0 Å². The third-order valence-corrected chi connectivity index (χ3v) is 7.64. The van der Waals surface area contributed by atoms with Crippen LogP contribution in [-0.4, -0.2) is 40.9 Å². The molecule has 204 valence electrons. The average Bonchev–Trinajstić information content (AvgIpc) is 3.44. The quantitative estimate of drug-likeness (QED) is 0.217. The Bertz CT molecular complexity index is 2040. The molecule has 0 amide bonds. The minimum absolute atomic E-state index is 0.282. The Morgan fingerprint density at radius 1 is 0.902 bits per heavy atom. The van der Waals surface area contributed by atoms with Gasteiger partial charge in [0.05, 0.1) is 43.8 Å². The fourth-order valence-electron chi connectivity index (χ4n) is 5.24. The number of aromatic nitrogens is 4. The monoisotopic (exact) mass is 612 g/mol. The van der Waals surface area contributed by atoms with Crippen LogP contribution in [-0.2, 0) is 0 Å². The molecule has 6 aromatic rings. The number of benzene rings is 3. The van der Waals surface area contributed by atoms with E-state index >= 15 is 0 Å². The second-order valence-corrected chi connectivity index (χ2v) is 10.2. The van der Waals surface area contributed by atoms with Crippen molar-refractivity contribution >= 4 is 32.5 Å². The number of fused-ring (bicyclic) bond motifs is 6. The van der Waals surface area contributed by atoms with Gasteiger partial charge in [-0.05, 0) is 30.3 Å². The van der Waals surface area contributed by atoms with Crippen LogP contribution in [0.25, 0.3) is 28.0 Å². The van der Waals surface area contributed by atoms with Crippen molar-refractivity contribution < 1.29 is 23.4 Å². The van der Waals surface area contributed by atoms with Gasteiger partial charge in [-0.1, -0.05) is 40.2 Å². The third kappa shape index (κ3) is 3.92. The lowest BCUT2D eigenvalue weighted by atomic mass is 9.83. The highest BCUT2D eigenvalue weighted by Crippen LogP contribution is 2.52. The van der Waals surface area contributed by atoms with Crippen LogP contribution < -0.4 is 24.6 Å². The van der Waals surface area contributed by atoms with Crippen LogP contribution >= 0.6 is 15.9 Å². The minimum Gasteiger partial charge on any atom is -0.496 e. The zero-order valence-corrected chi connectivity index (χ0v) is 23.6. The van der Waals surface area contributed by atoms with E-state index in [4.69, 9.17) is 28.3 Å². The van der Waals surface area contributed by atoms with Gasteiger partial charge in [0, 0.05) is 21.7 Å². The van der Waals surface area contributed by atoms with E-state index in [1.165, 1.54) is 0 Å². The number of halogens is 1. The van der Waals surface area contributed by atoms with Crippen molar-refractivity contribution in [1.82, 2.24) is 19.6 Å². The van der Waals surface area contributed by atoms with Gasteiger partial charge >= 0.3 is 5.63 Å². The minimum atomic E-state index is -0.762. The van der Waals surface area contributed by atoms with Crippen LogP contribution in [0.2, 0.25) is 0 Å². The average molecular weight is 613 g/mol. The molecule has 0 saturated carbocycles. The van der Waals surface area contributed by atoms with Crippen LogP contribution in [0.4, 0.5) is 0 Å². The second kappa shape index (κ2) is 9.63. The first-order chi connectivity index (χ1) is 20.0. The Labute approximate surface area is 241 Å². The predicted octanol–water partition coefficient (Wildman–Crippen LogP) is 5.97. The van der Waals surface area contributed by atoms with Crippen molar-refractivity contribution in [2.45, 2.75) is 5.92 Å². The Morgan fingerprint density at radius 2 is 1.63 bits per heavy atom. The van der Waals surface area contributed by atoms with E-state index in [0.29, 0.717) is 56.6 Å². The summed E-state index contributed by atoms with van der Waals surface area (Å²) in [5.74, 6) is 1.77. The Kier molecular flexibility index (Phi) is 5.89. The van der Waals surface area contributed by atoms with Crippen LogP contribution in [0.5, 0.6) is 28.9 Å². The smallest absolute Gasteiger partial charge is 0.344 e.